The minimum atomic E-state index is -3.56. The molecule has 0 saturated heterocycles. The van der Waals surface area contributed by atoms with Crippen molar-refractivity contribution in [1.29, 1.82) is 0 Å². The van der Waals surface area contributed by atoms with Crippen LogP contribution >= 0.6 is 7.14 Å². The Morgan fingerprint density at radius 2 is 1.26 bits per heavy atom. The molecule has 2 aromatic rings. The van der Waals surface area contributed by atoms with Gasteiger partial charge in [-0.1, -0.05) is 113 Å². The number of rotatable bonds is 12. The largest absolute Gasteiger partial charge is 0.390 e. The number of halogens is 1. The van der Waals surface area contributed by atoms with E-state index in [0.29, 0.717) is 17.0 Å². The summed E-state index contributed by atoms with van der Waals surface area (Å²) >= 11 is 0. The molecule has 0 heterocycles. The first-order chi connectivity index (χ1) is 13.1. The fourth-order valence-corrected chi connectivity index (χ4v) is 6.15. The molecule has 0 bridgehead atoms. The molecule has 0 aliphatic heterocycles. The van der Waals surface area contributed by atoms with E-state index < -0.39 is 19.2 Å². The van der Waals surface area contributed by atoms with Crippen molar-refractivity contribution in [2.24, 2.45) is 0 Å². The van der Waals surface area contributed by atoms with Gasteiger partial charge in [0.05, 0.1) is 6.10 Å². The van der Waals surface area contributed by atoms with Gasteiger partial charge in [-0.05, 0) is 6.42 Å². The third-order valence-electron chi connectivity index (χ3n) is 5.05. The second-order valence-corrected chi connectivity index (χ2v) is 10.0. The molecule has 2 nitrogen and oxygen atoms in total. The lowest BCUT2D eigenvalue weighted by Gasteiger charge is -2.26. The van der Waals surface area contributed by atoms with Gasteiger partial charge < -0.3 is 9.67 Å². The summed E-state index contributed by atoms with van der Waals surface area (Å²) in [5.74, 6) is -1.79. The van der Waals surface area contributed by atoms with Crippen molar-refractivity contribution in [3.8, 4) is 0 Å². The summed E-state index contributed by atoms with van der Waals surface area (Å²) in [6.45, 7) is 2.19. The number of hydrogen-bond acceptors (Lipinski definition) is 2. The van der Waals surface area contributed by atoms with E-state index in [0.717, 1.165) is 19.3 Å². The highest BCUT2D eigenvalue weighted by Gasteiger charge is 2.41. The number of aliphatic hydroxyl groups excluding tert-OH is 1. The molecule has 2 aromatic carbocycles. The first-order valence-electron chi connectivity index (χ1n) is 10.1. The topological polar surface area (TPSA) is 37.3 Å². The smallest absolute Gasteiger partial charge is 0.186 e. The molecule has 27 heavy (non-hydrogen) atoms. The van der Waals surface area contributed by atoms with E-state index in [1.54, 1.807) is 48.5 Å². The minimum absolute atomic E-state index is 0.346. The van der Waals surface area contributed by atoms with E-state index >= 15 is 4.39 Å². The Bertz CT molecular complexity index is 647. The summed E-state index contributed by atoms with van der Waals surface area (Å²) in [6.07, 6.45) is 6.88. The fraction of sp³-hybridized carbons (Fsp3) is 0.478. The second-order valence-electron chi connectivity index (χ2n) is 7.18. The van der Waals surface area contributed by atoms with Gasteiger partial charge in [-0.25, -0.2) is 4.39 Å². The molecule has 0 spiro atoms. The Labute approximate surface area is 163 Å². The van der Waals surface area contributed by atoms with Crippen molar-refractivity contribution >= 4 is 17.8 Å². The van der Waals surface area contributed by atoms with Crippen molar-refractivity contribution in [3.63, 3.8) is 0 Å². The summed E-state index contributed by atoms with van der Waals surface area (Å²) in [7, 11) is -3.56. The van der Waals surface area contributed by atoms with Crippen LogP contribution in [0.4, 0.5) is 4.39 Å². The van der Waals surface area contributed by atoms with Crippen molar-refractivity contribution in [1.82, 2.24) is 0 Å². The van der Waals surface area contributed by atoms with Gasteiger partial charge in [-0.15, -0.1) is 0 Å². The van der Waals surface area contributed by atoms with Crippen LogP contribution in [-0.4, -0.2) is 17.1 Å². The SMILES string of the molecule is CCCCCCCCC[C@H](O)[C@@H](F)P(=O)(c1ccccc1)c1ccccc1. The predicted molar refractivity (Wildman–Crippen MR) is 113 cm³/mol. The van der Waals surface area contributed by atoms with Crippen LogP contribution in [0.1, 0.15) is 58.3 Å². The van der Waals surface area contributed by atoms with Gasteiger partial charge in [0, 0.05) is 10.6 Å². The van der Waals surface area contributed by atoms with E-state index in [-0.39, 0.29) is 0 Å². The Morgan fingerprint density at radius 3 is 1.74 bits per heavy atom. The van der Waals surface area contributed by atoms with Gasteiger partial charge in [0.2, 0.25) is 0 Å². The monoisotopic (exact) mass is 390 g/mol. The third-order valence-corrected chi connectivity index (χ3v) is 8.22. The van der Waals surface area contributed by atoms with Gasteiger partial charge in [0.25, 0.3) is 0 Å². The first-order valence-corrected chi connectivity index (χ1v) is 11.9. The van der Waals surface area contributed by atoms with E-state index in [1.165, 1.54) is 25.7 Å². The minimum Gasteiger partial charge on any atom is -0.390 e. The lowest BCUT2D eigenvalue weighted by atomic mass is 10.1. The molecule has 2 atom stereocenters. The average molecular weight is 390 g/mol. The van der Waals surface area contributed by atoms with Crippen LogP contribution < -0.4 is 10.6 Å². The number of aliphatic hydroxyl groups is 1. The quantitative estimate of drug-likeness (QED) is 0.367. The van der Waals surface area contributed by atoms with Gasteiger partial charge in [-0.3, -0.25) is 0 Å². The van der Waals surface area contributed by atoms with Crippen LogP contribution in [0.3, 0.4) is 0 Å². The van der Waals surface area contributed by atoms with E-state index in [1.807, 2.05) is 12.1 Å². The highest BCUT2D eigenvalue weighted by molar-refractivity contribution is 7.79. The molecule has 2 rings (SSSR count). The van der Waals surface area contributed by atoms with E-state index in [2.05, 4.69) is 6.92 Å². The molecule has 0 unspecified atom stereocenters. The van der Waals surface area contributed by atoms with Crippen molar-refractivity contribution in [3.05, 3.63) is 60.7 Å². The molecular weight excluding hydrogens is 358 g/mol. The maximum Gasteiger partial charge on any atom is 0.186 e. The van der Waals surface area contributed by atoms with Gasteiger partial charge in [0.15, 0.2) is 13.1 Å². The molecular formula is C23H32FO2P. The summed E-state index contributed by atoms with van der Waals surface area (Å²) < 4.78 is 29.2. The molecule has 0 aromatic heterocycles. The van der Waals surface area contributed by atoms with E-state index in [9.17, 15) is 9.67 Å². The average Bonchev–Trinajstić information content (AvgIpc) is 2.73. The summed E-state index contributed by atoms with van der Waals surface area (Å²) in [4.78, 5) is 0. The molecule has 0 radical (unpaired) electrons. The Morgan fingerprint density at radius 1 is 0.815 bits per heavy atom. The number of alkyl halides is 1. The van der Waals surface area contributed by atoms with Crippen molar-refractivity contribution in [2.75, 3.05) is 0 Å². The zero-order chi connectivity index (χ0) is 19.5. The summed E-state index contributed by atoms with van der Waals surface area (Å²) in [6, 6.07) is 17.5. The molecule has 0 amide bonds. The Hall–Kier alpha value is -1.44. The van der Waals surface area contributed by atoms with Crippen molar-refractivity contribution < 1.29 is 14.1 Å². The zero-order valence-electron chi connectivity index (χ0n) is 16.3. The highest BCUT2D eigenvalue weighted by Crippen LogP contribution is 2.51. The highest BCUT2D eigenvalue weighted by atomic mass is 31.2. The van der Waals surface area contributed by atoms with Crippen LogP contribution in [0.2, 0.25) is 0 Å². The van der Waals surface area contributed by atoms with Crippen LogP contribution in [-0.2, 0) is 4.57 Å². The maximum absolute atomic E-state index is 15.4. The van der Waals surface area contributed by atoms with Crippen LogP contribution in [0.5, 0.6) is 0 Å². The molecule has 0 aliphatic rings. The number of unbranched alkanes of at least 4 members (excludes halogenated alkanes) is 6. The molecule has 0 saturated carbocycles. The number of benzene rings is 2. The standard InChI is InChI=1S/C23H32FO2P/c1-2-3-4-5-6-7-14-19-22(25)23(24)27(26,20-15-10-8-11-16-20)21-17-12-9-13-18-21/h8-13,15-18,22-23,25H,2-7,14,19H2,1H3/t22-,23-/m0/s1. The van der Waals surface area contributed by atoms with Crippen LogP contribution in [0, 0.1) is 0 Å². The molecule has 1 N–H and O–H groups in total. The van der Waals surface area contributed by atoms with Crippen LogP contribution in [0.25, 0.3) is 0 Å². The summed E-state index contributed by atoms with van der Waals surface area (Å²) in [5.41, 5.74) is 0. The van der Waals surface area contributed by atoms with Crippen molar-refractivity contribution in [2.45, 2.75) is 70.3 Å². The fourth-order valence-electron chi connectivity index (χ4n) is 3.42. The Balaban J connectivity index is 2.04. The second kappa shape index (κ2) is 11.4. The maximum atomic E-state index is 15.4. The van der Waals surface area contributed by atoms with Gasteiger partial charge >= 0.3 is 0 Å². The molecule has 0 fully saturated rings. The Kier molecular flexibility index (Phi) is 9.24. The predicted octanol–water partition coefficient (Wildman–Crippen LogP) is 5.80. The lowest BCUT2D eigenvalue weighted by Crippen LogP contribution is -2.31. The van der Waals surface area contributed by atoms with Crippen LogP contribution in [0.15, 0.2) is 60.7 Å². The normalized spacial score (nSPS) is 14.0. The zero-order valence-corrected chi connectivity index (χ0v) is 17.2. The number of hydrogen-bond donors (Lipinski definition) is 1. The van der Waals surface area contributed by atoms with E-state index in [4.69, 9.17) is 0 Å². The lowest BCUT2D eigenvalue weighted by molar-refractivity contribution is 0.107. The molecule has 0 aliphatic carbocycles. The van der Waals surface area contributed by atoms with Gasteiger partial charge in [-0.2, -0.15) is 0 Å². The third kappa shape index (κ3) is 6.02. The summed E-state index contributed by atoms with van der Waals surface area (Å²) in [5, 5.41) is 11.4. The van der Waals surface area contributed by atoms with Gasteiger partial charge in [0.1, 0.15) is 0 Å². The molecule has 148 valence electrons. The first kappa shape index (κ1) is 21.9. The molecule has 4 heteroatoms.